The molecule has 0 bridgehead atoms. The third-order valence-corrected chi connectivity index (χ3v) is 19.7. The first-order chi connectivity index (χ1) is 21.4. The molecule has 0 aliphatic heterocycles. The van der Waals surface area contributed by atoms with Crippen LogP contribution in [0.3, 0.4) is 0 Å². The van der Waals surface area contributed by atoms with Crippen LogP contribution in [0.15, 0.2) is 15.3 Å². The third kappa shape index (κ3) is 4.88. The van der Waals surface area contributed by atoms with E-state index in [1.165, 1.54) is 0 Å². The number of nitrogens with two attached hydrogens (primary N) is 1. The van der Waals surface area contributed by atoms with E-state index in [1.807, 2.05) is 7.05 Å². The van der Waals surface area contributed by atoms with Crippen molar-refractivity contribution in [3.05, 3.63) is 12.2 Å². The average molecular weight is 757 g/mol. The summed E-state index contributed by atoms with van der Waals surface area (Å²) in [5.41, 5.74) is 5.40. The number of allylic oxidation sites excluding steroid dienone is 1. The van der Waals surface area contributed by atoms with Gasteiger partial charge < -0.3 is 25.4 Å². The quantitative estimate of drug-likeness (QED) is 0.109. The van der Waals surface area contributed by atoms with Crippen molar-refractivity contribution in [3.63, 3.8) is 0 Å². The van der Waals surface area contributed by atoms with E-state index >= 15 is 0 Å². The summed E-state index contributed by atoms with van der Waals surface area (Å²) >= 11 is -0.507. The molecule has 0 aromatic heterocycles. The number of ether oxygens (including phenoxy) is 2. The lowest BCUT2D eigenvalue weighted by molar-refractivity contribution is -0.238. The summed E-state index contributed by atoms with van der Waals surface area (Å²) in [5.74, 6) is 0.904. The molecule has 0 saturated heterocycles. The van der Waals surface area contributed by atoms with Gasteiger partial charge in [-0.3, -0.25) is 12.7 Å². The van der Waals surface area contributed by atoms with Crippen LogP contribution in [0.1, 0.15) is 113 Å². The Morgan fingerprint density at radius 3 is 2.15 bits per heavy atom. The van der Waals surface area contributed by atoms with E-state index in [-0.39, 0.29) is 61.6 Å². The second-order valence-corrected chi connectivity index (χ2v) is 20.6. The fourth-order valence-electron chi connectivity index (χ4n) is 12.6. The molecule has 0 radical (unpaired) electrons. The minimum atomic E-state index is -1.34. The van der Waals surface area contributed by atoms with E-state index in [9.17, 15) is 19.8 Å². The molecule has 46 heavy (non-hydrogen) atoms. The van der Waals surface area contributed by atoms with Crippen molar-refractivity contribution >= 4 is 33.0 Å². The Kier molecular flexibility index (Phi) is 9.61. The van der Waals surface area contributed by atoms with Crippen molar-refractivity contribution in [1.29, 1.82) is 0 Å². The Hall–Kier alpha value is -0.910. The smallest absolute Gasteiger partial charge is 0.312 e. The van der Waals surface area contributed by atoms with Crippen LogP contribution < -0.4 is 5.73 Å². The molecule has 5 aliphatic carbocycles. The summed E-state index contributed by atoms with van der Waals surface area (Å²) < 4.78 is 17.0. The first-order valence-electron chi connectivity index (χ1n) is 17.6. The van der Waals surface area contributed by atoms with Gasteiger partial charge in [0.2, 0.25) is 0 Å². The van der Waals surface area contributed by atoms with Crippen LogP contribution in [0.4, 0.5) is 0 Å². The first kappa shape index (κ1) is 36.4. The molecule has 5 rings (SSSR count). The number of fused-ring (bicyclic) bond motifs is 7. The highest BCUT2D eigenvalue weighted by molar-refractivity contribution is 14.2. The second-order valence-electron chi connectivity index (χ2n) is 17.3. The summed E-state index contributed by atoms with van der Waals surface area (Å²) in [7, 11) is 1.99. The number of nitrogens with zero attached hydrogens (tertiary/aromatic N) is 1. The van der Waals surface area contributed by atoms with Crippen molar-refractivity contribution < 1.29 is 29.3 Å². The summed E-state index contributed by atoms with van der Waals surface area (Å²) in [6, 6.07) is 0. The maximum absolute atomic E-state index is 14.2. The second kappa shape index (κ2) is 12.1. The highest BCUT2D eigenvalue weighted by Crippen LogP contribution is 2.80. The van der Waals surface area contributed by atoms with Gasteiger partial charge in [0.1, 0.15) is 12.7 Å². The molecular weight excluding hydrogens is 695 g/mol. The molecular formula is C37H61IN2O6. The van der Waals surface area contributed by atoms with Crippen LogP contribution in [0.5, 0.6) is 0 Å². The maximum Gasteiger partial charge on any atom is 0.312 e. The Morgan fingerprint density at radius 2 is 1.57 bits per heavy atom. The SMILES string of the molecule is C=C(C)C1CC[C@]2(C(=O)OCC(N)(CO)CO)CC[C@]3(C)[C@H](CC[C@@H]4[C@@]5(C)CC[C@H](OC(C)=O)C(C)(C)C5(I=NC)CC[C@]43C)[C@@H]12. The highest BCUT2D eigenvalue weighted by Gasteiger charge is 2.76. The zero-order valence-electron chi connectivity index (χ0n) is 29.7. The fraction of sp³-hybridized carbons (Fsp3) is 0.892. The Labute approximate surface area is 287 Å². The van der Waals surface area contributed by atoms with Gasteiger partial charge >= 0.3 is 11.9 Å². The molecule has 2 unspecified atom stereocenters. The average Bonchev–Trinajstić information content (AvgIpc) is 3.40. The number of esters is 2. The number of hydrogen-bond donors (Lipinski definition) is 3. The van der Waals surface area contributed by atoms with Crippen LogP contribution in [0.2, 0.25) is 0 Å². The number of carbonyl (C=O) groups excluding carboxylic acids is 2. The largest absolute Gasteiger partial charge is 0.463 e. The van der Waals surface area contributed by atoms with E-state index in [2.05, 4.69) is 48.1 Å². The van der Waals surface area contributed by atoms with E-state index in [0.29, 0.717) is 11.8 Å². The van der Waals surface area contributed by atoms with Gasteiger partial charge in [-0.15, -0.1) is 0 Å². The number of aliphatic hydroxyl groups excluding tert-OH is 2. The Bertz CT molecular complexity index is 1270. The van der Waals surface area contributed by atoms with Gasteiger partial charge in [-0.2, -0.15) is 0 Å². The summed E-state index contributed by atoms with van der Waals surface area (Å²) in [6.45, 7) is 19.5. The van der Waals surface area contributed by atoms with Crippen LogP contribution in [0.25, 0.3) is 0 Å². The molecule has 8 nitrogen and oxygen atoms in total. The minimum absolute atomic E-state index is 0.0311. The van der Waals surface area contributed by atoms with Crippen LogP contribution >= 0.6 is 21.0 Å². The normalized spacial score (nSPS) is 45.0. The van der Waals surface area contributed by atoms with E-state index in [1.54, 1.807) is 6.92 Å². The van der Waals surface area contributed by atoms with Gasteiger partial charge in [0.15, 0.2) is 0 Å². The van der Waals surface area contributed by atoms with E-state index in [0.717, 1.165) is 69.8 Å². The molecule has 0 aromatic carbocycles. The predicted molar refractivity (Wildman–Crippen MR) is 188 cm³/mol. The van der Waals surface area contributed by atoms with Gasteiger partial charge in [0, 0.05) is 22.8 Å². The number of halogens is 1. The number of carbonyl (C=O) groups is 2. The van der Waals surface area contributed by atoms with Crippen LogP contribution in [-0.4, -0.2) is 64.1 Å². The van der Waals surface area contributed by atoms with Gasteiger partial charge in [0.25, 0.3) is 0 Å². The lowest BCUT2D eigenvalue weighted by Crippen LogP contribution is -2.72. The van der Waals surface area contributed by atoms with Gasteiger partial charge in [0.05, 0.1) is 24.2 Å². The maximum atomic E-state index is 14.2. The highest BCUT2D eigenvalue weighted by atomic mass is 127. The molecule has 9 heteroatoms. The molecule has 0 amide bonds. The number of alkyl halides is 1. The lowest BCUT2D eigenvalue weighted by atomic mass is 9.32. The van der Waals surface area contributed by atoms with Crippen LogP contribution in [-0.2, 0) is 19.1 Å². The molecule has 5 aliphatic rings. The molecule has 4 N–H and O–H groups in total. The van der Waals surface area contributed by atoms with E-state index < -0.39 is 45.2 Å². The van der Waals surface area contributed by atoms with Gasteiger partial charge in [-0.25, -0.2) is 0 Å². The Balaban J connectivity index is 1.53. The summed E-state index contributed by atoms with van der Waals surface area (Å²) in [5, 5.41) is 19.5. The zero-order chi connectivity index (χ0) is 34.1. The van der Waals surface area contributed by atoms with Crippen LogP contribution in [0, 0.1) is 50.7 Å². The molecule has 0 heterocycles. The van der Waals surface area contributed by atoms with Crippen molar-refractivity contribution in [2.45, 2.75) is 128 Å². The topological polar surface area (TPSA) is 131 Å². The predicted octanol–water partition coefficient (Wildman–Crippen LogP) is 6.71. The Morgan fingerprint density at radius 1 is 0.913 bits per heavy atom. The fourth-order valence-corrected chi connectivity index (χ4v) is 16.1. The van der Waals surface area contributed by atoms with Crippen molar-refractivity contribution in [2.24, 2.45) is 59.6 Å². The zero-order valence-corrected chi connectivity index (χ0v) is 31.9. The van der Waals surface area contributed by atoms with Crippen molar-refractivity contribution in [1.82, 2.24) is 0 Å². The lowest BCUT2D eigenvalue weighted by Gasteiger charge is -2.75. The monoisotopic (exact) mass is 756 g/mol. The number of rotatable bonds is 8. The molecule has 0 spiro atoms. The molecule has 10 atom stereocenters. The standard InChI is InChI=1S/C37H61IN2O6/c1-23(2)25-12-15-36(30(44)45-22-35(39,20-41)21-42)18-16-32(6)26(29(25)36)10-11-27-33(32,7)17-19-37(38-40-9)31(4,5)28(46-24(3)43)13-14-34(27,37)8/h25-29,41-42H,1,10-22,39H2,2-9H3/t25?,26-,27+,28+,29-,32-,33-,34-,36+,37?/m1/s1. The van der Waals surface area contributed by atoms with Gasteiger partial charge in [-0.05, 0) is 132 Å². The summed E-state index contributed by atoms with van der Waals surface area (Å²) in [4.78, 5) is 26.4. The molecule has 0 aromatic rings. The number of hydrogen-bond acceptors (Lipinski definition) is 8. The summed E-state index contributed by atoms with van der Waals surface area (Å²) in [6.07, 6.45) is 9.75. The minimum Gasteiger partial charge on any atom is -0.463 e. The van der Waals surface area contributed by atoms with Gasteiger partial charge in [-0.1, -0.05) is 46.8 Å². The molecule has 5 saturated carbocycles. The van der Waals surface area contributed by atoms with Crippen molar-refractivity contribution in [2.75, 3.05) is 26.9 Å². The molecule has 5 fully saturated rings. The molecule has 262 valence electrons. The van der Waals surface area contributed by atoms with Crippen molar-refractivity contribution in [3.8, 4) is 0 Å². The van der Waals surface area contributed by atoms with E-state index in [4.69, 9.17) is 18.4 Å². The third-order valence-electron chi connectivity index (χ3n) is 15.3. The number of aliphatic hydroxyl groups is 2. The first-order valence-corrected chi connectivity index (χ1v) is 19.7.